The molecule has 1 fully saturated rings. The molecule has 2 aliphatic rings. The lowest BCUT2D eigenvalue weighted by atomic mass is 9.90. The summed E-state index contributed by atoms with van der Waals surface area (Å²) in [4.78, 5) is 30.6. The average Bonchev–Trinajstić information content (AvgIpc) is 3.03. The third-order valence-electron chi connectivity index (χ3n) is 4.42. The van der Waals surface area contributed by atoms with Gasteiger partial charge in [0.05, 0.1) is 11.6 Å². The highest BCUT2D eigenvalue weighted by atomic mass is 19.1. The van der Waals surface area contributed by atoms with Crippen molar-refractivity contribution in [3.63, 3.8) is 0 Å². The molecule has 1 saturated heterocycles. The van der Waals surface area contributed by atoms with Crippen LogP contribution in [0, 0.1) is 17.7 Å². The molecule has 1 aromatic carbocycles. The van der Waals surface area contributed by atoms with Crippen LogP contribution >= 0.6 is 0 Å². The molecular weight excluding hydrogens is 315 g/mol. The lowest BCUT2D eigenvalue weighted by Crippen LogP contribution is -2.49. The number of likely N-dealkylation sites (tertiary alicyclic amines) is 1. The molecule has 0 spiro atoms. The Morgan fingerprint density at radius 3 is 2.88 bits per heavy atom. The van der Waals surface area contributed by atoms with Gasteiger partial charge < -0.3 is 14.8 Å². The Kier molecular flexibility index (Phi) is 4.51. The van der Waals surface area contributed by atoms with Gasteiger partial charge in [0, 0.05) is 25.1 Å². The Hall–Kier alpha value is -2.44. The first-order chi connectivity index (χ1) is 11.4. The maximum absolute atomic E-state index is 13.3. The van der Waals surface area contributed by atoms with Gasteiger partial charge in [-0.2, -0.15) is 0 Å². The minimum absolute atomic E-state index is 0.119. The van der Waals surface area contributed by atoms with Crippen molar-refractivity contribution < 1.29 is 23.9 Å². The highest BCUT2D eigenvalue weighted by Crippen LogP contribution is 2.25. The van der Waals surface area contributed by atoms with Gasteiger partial charge in [0.2, 0.25) is 6.10 Å². The zero-order valence-corrected chi connectivity index (χ0v) is 13.3. The zero-order valence-electron chi connectivity index (χ0n) is 13.3. The van der Waals surface area contributed by atoms with Crippen LogP contribution in [0.2, 0.25) is 0 Å². The Labute approximate surface area is 138 Å². The Balaban J connectivity index is 1.66. The number of benzene rings is 1. The van der Waals surface area contributed by atoms with Crippen molar-refractivity contribution in [2.24, 2.45) is 17.0 Å². The van der Waals surface area contributed by atoms with Crippen LogP contribution in [0.1, 0.15) is 25.3 Å². The van der Waals surface area contributed by atoms with Crippen LogP contribution in [-0.4, -0.2) is 46.8 Å². The maximum Gasteiger partial charge on any atom is 0.308 e. The van der Waals surface area contributed by atoms with Gasteiger partial charge in [0.15, 0.2) is 0 Å². The quantitative estimate of drug-likeness (QED) is 0.915. The number of carboxylic acid groups (broad SMARTS) is 1. The van der Waals surface area contributed by atoms with Crippen molar-refractivity contribution >= 4 is 17.6 Å². The van der Waals surface area contributed by atoms with Crippen molar-refractivity contribution in [3.8, 4) is 0 Å². The number of piperidine rings is 1. The summed E-state index contributed by atoms with van der Waals surface area (Å²) < 4.78 is 13.3. The summed E-state index contributed by atoms with van der Waals surface area (Å²) in [5.41, 5.74) is 1.11. The maximum atomic E-state index is 13.3. The SMILES string of the molecule is CC1CC(C(=O)O)CN(C(=O)C2CC(c3cccc(F)c3)=NO2)C1. The van der Waals surface area contributed by atoms with Gasteiger partial charge >= 0.3 is 5.97 Å². The number of carbonyl (C=O) groups excluding carboxylic acids is 1. The summed E-state index contributed by atoms with van der Waals surface area (Å²) in [7, 11) is 0. The molecule has 0 bridgehead atoms. The van der Waals surface area contributed by atoms with Gasteiger partial charge in [0.1, 0.15) is 5.82 Å². The molecule has 0 aromatic heterocycles. The predicted molar refractivity (Wildman–Crippen MR) is 83.9 cm³/mol. The number of oxime groups is 1. The van der Waals surface area contributed by atoms with E-state index in [-0.39, 0.29) is 30.6 Å². The third kappa shape index (κ3) is 3.39. The van der Waals surface area contributed by atoms with E-state index in [1.807, 2.05) is 6.92 Å². The molecule has 0 aliphatic carbocycles. The number of nitrogens with zero attached hydrogens (tertiary/aromatic N) is 2. The van der Waals surface area contributed by atoms with Gasteiger partial charge in [0.25, 0.3) is 5.91 Å². The average molecular weight is 334 g/mol. The van der Waals surface area contributed by atoms with E-state index in [0.29, 0.717) is 24.2 Å². The first-order valence-corrected chi connectivity index (χ1v) is 7.94. The fraction of sp³-hybridized carbons (Fsp3) is 0.471. The molecule has 7 heteroatoms. The number of aliphatic carboxylic acids is 1. The van der Waals surface area contributed by atoms with Crippen molar-refractivity contribution in [1.29, 1.82) is 0 Å². The standard InChI is InChI=1S/C17H19FN2O4/c1-10-5-12(17(22)23)9-20(8-10)16(21)15-7-14(19-24-15)11-3-2-4-13(18)6-11/h2-4,6,10,12,15H,5,7-9H2,1H3,(H,22,23). The molecular formula is C17H19FN2O4. The molecule has 1 aromatic rings. The van der Waals surface area contributed by atoms with Gasteiger partial charge in [-0.15, -0.1) is 0 Å². The van der Waals surface area contributed by atoms with E-state index in [1.165, 1.54) is 12.1 Å². The summed E-state index contributed by atoms with van der Waals surface area (Å²) in [6.45, 7) is 2.63. The van der Waals surface area contributed by atoms with Crippen LogP contribution in [0.5, 0.6) is 0 Å². The molecule has 128 valence electrons. The normalized spacial score (nSPS) is 26.7. The van der Waals surface area contributed by atoms with E-state index < -0.39 is 18.0 Å². The third-order valence-corrected chi connectivity index (χ3v) is 4.42. The molecule has 0 radical (unpaired) electrons. The molecule has 2 aliphatic heterocycles. The lowest BCUT2D eigenvalue weighted by Gasteiger charge is -2.35. The van der Waals surface area contributed by atoms with Crippen molar-refractivity contribution in [1.82, 2.24) is 4.90 Å². The highest BCUT2D eigenvalue weighted by Gasteiger charge is 2.37. The fourth-order valence-electron chi connectivity index (χ4n) is 3.26. The van der Waals surface area contributed by atoms with Crippen LogP contribution in [-0.2, 0) is 14.4 Å². The molecule has 2 heterocycles. The summed E-state index contributed by atoms with van der Waals surface area (Å²) in [5.74, 6) is -1.96. The number of rotatable bonds is 3. The number of carboxylic acids is 1. The Morgan fingerprint density at radius 2 is 2.17 bits per heavy atom. The number of halogens is 1. The molecule has 1 amide bonds. The van der Waals surface area contributed by atoms with Gasteiger partial charge in [-0.3, -0.25) is 9.59 Å². The van der Waals surface area contributed by atoms with Crippen molar-refractivity contribution in [3.05, 3.63) is 35.6 Å². The first-order valence-electron chi connectivity index (χ1n) is 7.94. The van der Waals surface area contributed by atoms with Crippen molar-refractivity contribution in [2.45, 2.75) is 25.9 Å². The molecule has 3 rings (SSSR count). The summed E-state index contributed by atoms with van der Waals surface area (Å²) >= 11 is 0. The van der Waals surface area contributed by atoms with Gasteiger partial charge in [-0.05, 0) is 24.5 Å². The Bertz CT molecular complexity index is 691. The second kappa shape index (κ2) is 6.59. The minimum Gasteiger partial charge on any atom is -0.481 e. The summed E-state index contributed by atoms with van der Waals surface area (Å²) in [6.07, 6.45) is 0.0450. The minimum atomic E-state index is -0.886. The lowest BCUT2D eigenvalue weighted by molar-refractivity contribution is -0.151. The van der Waals surface area contributed by atoms with Crippen LogP contribution in [0.3, 0.4) is 0 Å². The molecule has 24 heavy (non-hydrogen) atoms. The number of hydrogen-bond donors (Lipinski definition) is 1. The van der Waals surface area contributed by atoms with Crippen LogP contribution in [0.4, 0.5) is 4.39 Å². The molecule has 1 N–H and O–H groups in total. The first kappa shape index (κ1) is 16.4. The molecule has 3 unspecified atom stereocenters. The van der Waals surface area contributed by atoms with Crippen LogP contribution in [0.25, 0.3) is 0 Å². The van der Waals surface area contributed by atoms with E-state index in [4.69, 9.17) is 4.84 Å². The zero-order chi connectivity index (χ0) is 17.3. The second-order valence-corrected chi connectivity index (χ2v) is 6.47. The monoisotopic (exact) mass is 334 g/mol. The number of hydrogen-bond acceptors (Lipinski definition) is 4. The molecule has 6 nitrogen and oxygen atoms in total. The van der Waals surface area contributed by atoms with Gasteiger partial charge in [-0.25, -0.2) is 4.39 Å². The fourth-order valence-corrected chi connectivity index (χ4v) is 3.26. The largest absolute Gasteiger partial charge is 0.481 e. The van der Waals surface area contributed by atoms with E-state index in [2.05, 4.69) is 5.16 Å². The van der Waals surface area contributed by atoms with Gasteiger partial charge in [-0.1, -0.05) is 24.2 Å². The van der Waals surface area contributed by atoms with Crippen molar-refractivity contribution in [2.75, 3.05) is 13.1 Å². The van der Waals surface area contributed by atoms with Crippen LogP contribution in [0.15, 0.2) is 29.4 Å². The van der Waals surface area contributed by atoms with E-state index in [0.717, 1.165) is 0 Å². The Morgan fingerprint density at radius 1 is 1.38 bits per heavy atom. The summed E-state index contributed by atoms with van der Waals surface area (Å²) in [6, 6.07) is 5.97. The highest BCUT2D eigenvalue weighted by molar-refractivity contribution is 6.04. The van der Waals surface area contributed by atoms with E-state index >= 15 is 0 Å². The summed E-state index contributed by atoms with van der Waals surface area (Å²) in [5, 5.41) is 13.1. The number of carbonyl (C=O) groups is 2. The second-order valence-electron chi connectivity index (χ2n) is 6.47. The van der Waals surface area contributed by atoms with E-state index in [1.54, 1.807) is 17.0 Å². The van der Waals surface area contributed by atoms with Crippen LogP contribution < -0.4 is 0 Å². The molecule has 3 atom stereocenters. The predicted octanol–water partition coefficient (Wildman–Crippen LogP) is 1.89. The topological polar surface area (TPSA) is 79.2 Å². The smallest absolute Gasteiger partial charge is 0.308 e. The number of amides is 1. The molecule has 0 saturated carbocycles. The van der Waals surface area contributed by atoms with E-state index in [9.17, 15) is 19.1 Å².